The van der Waals surface area contributed by atoms with Crippen LogP contribution < -0.4 is 0 Å². The fourth-order valence-electron chi connectivity index (χ4n) is 2.62. The zero-order chi connectivity index (χ0) is 16.5. The molecule has 1 saturated heterocycles. The highest BCUT2D eigenvalue weighted by atomic mass is 79.9. The molecule has 1 aliphatic heterocycles. The Hall–Kier alpha value is -1.56. The van der Waals surface area contributed by atoms with Crippen molar-refractivity contribution in [3.63, 3.8) is 0 Å². The largest absolute Gasteiger partial charge is 0.481 e. The zero-order valence-corrected chi connectivity index (χ0v) is 14.5. The monoisotopic (exact) mass is 369 g/mol. The van der Waals surface area contributed by atoms with E-state index >= 15 is 0 Å². The van der Waals surface area contributed by atoms with Gasteiger partial charge in [0.05, 0.1) is 5.92 Å². The molecule has 1 fully saturated rings. The summed E-state index contributed by atoms with van der Waals surface area (Å²) in [6.45, 7) is 5.88. The second kappa shape index (κ2) is 6.28. The van der Waals surface area contributed by atoms with E-state index in [9.17, 15) is 14.7 Å². The van der Waals surface area contributed by atoms with Crippen LogP contribution in [0.1, 0.15) is 32.3 Å². The highest BCUT2D eigenvalue weighted by Crippen LogP contribution is 2.37. The molecule has 1 aromatic carbocycles. The molecule has 120 valence electrons. The lowest BCUT2D eigenvalue weighted by Crippen LogP contribution is -2.35. The molecule has 0 spiro atoms. The van der Waals surface area contributed by atoms with Crippen LogP contribution in [-0.2, 0) is 9.53 Å². The van der Waals surface area contributed by atoms with Gasteiger partial charge in [0.1, 0.15) is 5.60 Å². The molecule has 0 bridgehead atoms. The number of halogens is 1. The van der Waals surface area contributed by atoms with Crippen LogP contribution in [0.3, 0.4) is 0 Å². The number of likely N-dealkylation sites (tertiary alicyclic amines) is 1. The first-order valence-corrected chi connectivity index (χ1v) is 7.93. The number of aliphatic carboxylic acids is 1. The molecule has 1 N–H and O–H groups in total. The van der Waals surface area contributed by atoms with Crippen molar-refractivity contribution in [2.24, 2.45) is 5.92 Å². The lowest BCUT2D eigenvalue weighted by atomic mass is 9.89. The van der Waals surface area contributed by atoms with Crippen LogP contribution >= 0.6 is 15.9 Å². The quantitative estimate of drug-likeness (QED) is 0.866. The third kappa shape index (κ3) is 3.80. The molecule has 0 radical (unpaired) electrons. The summed E-state index contributed by atoms with van der Waals surface area (Å²) < 4.78 is 6.21. The minimum absolute atomic E-state index is 0.163. The van der Waals surface area contributed by atoms with Gasteiger partial charge in [-0.05, 0) is 32.4 Å². The van der Waals surface area contributed by atoms with Gasteiger partial charge >= 0.3 is 12.1 Å². The molecule has 0 aliphatic carbocycles. The fourth-order valence-corrected chi connectivity index (χ4v) is 3.20. The third-order valence-electron chi connectivity index (χ3n) is 3.59. The Morgan fingerprint density at radius 2 is 1.91 bits per heavy atom. The van der Waals surface area contributed by atoms with Crippen LogP contribution in [0.5, 0.6) is 0 Å². The van der Waals surface area contributed by atoms with Crippen molar-refractivity contribution in [1.29, 1.82) is 0 Å². The van der Waals surface area contributed by atoms with E-state index in [0.29, 0.717) is 6.54 Å². The normalized spacial score (nSPS) is 21.7. The third-order valence-corrected chi connectivity index (χ3v) is 4.32. The van der Waals surface area contributed by atoms with Gasteiger partial charge in [0.15, 0.2) is 0 Å². The Morgan fingerprint density at radius 3 is 2.45 bits per heavy atom. The fraction of sp³-hybridized carbons (Fsp3) is 0.500. The summed E-state index contributed by atoms with van der Waals surface area (Å²) in [5.41, 5.74) is 0.308. The van der Waals surface area contributed by atoms with Crippen molar-refractivity contribution in [2.45, 2.75) is 32.3 Å². The molecule has 5 nitrogen and oxygen atoms in total. The second-order valence-corrected chi connectivity index (χ2v) is 7.31. The van der Waals surface area contributed by atoms with E-state index in [4.69, 9.17) is 4.74 Å². The maximum atomic E-state index is 12.2. The van der Waals surface area contributed by atoms with E-state index in [1.165, 1.54) is 4.90 Å². The minimum atomic E-state index is -0.896. The van der Waals surface area contributed by atoms with E-state index in [0.717, 1.165) is 10.0 Å². The first-order chi connectivity index (χ1) is 10.2. The Balaban J connectivity index is 2.22. The Bertz CT molecular complexity index is 582. The SMILES string of the molecule is CC(C)(C)OC(=O)N1C[C@H](C(=O)O)[C@H](c2ccccc2Br)C1. The topological polar surface area (TPSA) is 66.8 Å². The number of ether oxygens (including phenoxy) is 1. The maximum Gasteiger partial charge on any atom is 0.410 e. The number of carboxylic acids is 1. The van der Waals surface area contributed by atoms with Crippen molar-refractivity contribution >= 4 is 28.0 Å². The van der Waals surface area contributed by atoms with E-state index in [-0.39, 0.29) is 12.5 Å². The van der Waals surface area contributed by atoms with Gasteiger partial charge in [-0.2, -0.15) is 0 Å². The minimum Gasteiger partial charge on any atom is -0.481 e. The summed E-state index contributed by atoms with van der Waals surface area (Å²) in [6.07, 6.45) is -0.465. The molecule has 2 atom stereocenters. The lowest BCUT2D eigenvalue weighted by Gasteiger charge is -2.24. The number of benzene rings is 1. The van der Waals surface area contributed by atoms with Crippen molar-refractivity contribution in [2.75, 3.05) is 13.1 Å². The van der Waals surface area contributed by atoms with E-state index < -0.39 is 23.6 Å². The average Bonchev–Trinajstić information content (AvgIpc) is 2.82. The second-order valence-electron chi connectivity index (χ2n) is 6.46. The average molecular weight is 370 g/mol. The molecule has 1 heterocycles. The molecule has 0 aromatic heterocycles. The van der Waals surface area contributed by atoms with Crippen LogP contribution in [0, 0.1) is 5.92 Å². The molecular weight excluding hydrogens is 350 g/mol. The predicted molar refractivity (Wildman–Crippen MR) is 85.8 cm³/mol. The number of carbonyl (C=O) groups is 2. The number of hydrogen-bond acceptors (Lipinski definition) is 3. The van der Waals surface area contributed by atoms with Gasteiger partial charge in [0, 0.05) is 23.5 Å². The van der Waals surface area contributed by atoms with E-state index in [1.807, 2.05) is 24.3 Å². The van der Waals surface area contributed by atoms with Gasteiger partial charge in [-0.25, -0.2) is 4.79 Å². The number of amides is 1. The number of rotatable bonds is 2. The van der Waals surface area contributed by atoms with Gasteiger partial charge < -0.3 is 14.7 Å². The van der Waals surface area contributed by atoms with Gasteiger partial charge in [0.25, 0.3) is 0 Å². The summed E-state index contributed by atoms with van der Waals surface area (Å²) in [7, 11) is 0. The van der Waals surface area contributed by atoms with Crippen LogP contribution in [0.15, 0.2) is 28.7 Å². The van der Waals surface area contributed by atoms with Gasteiger partial charge in [-0.3, -0.25) is 4.79 Å². The lowest BCUT2D eigenvalue weighted by molar-refractivity contribution is -0.141. The van der Waals surface area contributed by atoms with Crippen LogP contribution in [-0.4, -0.2) is 40.8 Å². The Labute approximate surface area is 138 Å². The van der Waals surface area contributed by atoms with Crippen LogP contribution in [0.25, 0.3) is 0 Å². The molecule has 0 saturated carbocycles. The van der Waals surface area contributed by atoms with Crippen molar-refractivity contribution in [1.82, 2.24) is 4.90 Å². The highest BCUT2D eigenvalue weighted by molar-refractivity contribution is 9.10. The van der Waals surface area contributed by atoms with Crippen molar-refractivity contribution in [3.05, 3.63) is 34.3 Å². The highest BCUT2D eigenvalue weighted by Gasteiger charge is 2.42. The molecule has 0 unspecified atom stereocenters. The Morgan fingerprint density at radius 1 is 1.27 bits per heavy atom. The number of carboxylic acid groups (broad SMARTS) is 1. The summed E-state index contributed by atoms with van der Waals surface area (Å²) in [6, 6.07) is 7.52. The van der Waals surface area contributed by atoms with Gasteiger partial charge in [-0.1, -0.05) is 34.1 Å². The molecule has 2 rings (SSSR count). The predicted octanol–water partition coefficient (Wildman–Crippen LogP) is 3.48. The number of nitrogens with zero attached hydrogens (tertiary/aromatic N) is 1. The standard InChI is InChI=1S/C16H20BrNO4/c1-16(2,3)22-15(21)18-8-11(12(9-18)14(19)20)10-6-4-5-7-13(10)17/h4-7,11-12H,8-9H2,1-3H3,(H,19,20)/t11-,12-/m0/s1. The first-order valence-electron chi connectivity index (χ1n) is 7.14. The Kier molecular flexibility index (Phi) is 4.80. The summed E-state index contributed by atoms with van der Waals surface area (Å²) in [4.78, 5) is 25.2. The van der Waals surface area contributed by atoms with Gasteiger partial charge in [0.2, 0.25) is 0 Å². The molecule has 22 heavy (non-hydrogen) atoms. The molecular formula is C16H20BrNO4. The first kappa shape index (κ1) is 16.8. The van der Waals surface area contributed by atoms with E-state index in [2.05, 4.69) is 15.9 Å². The summed E-state index contributed by atoms with van der Waals surface area (Å²) in [5, 5.41) is 9.47. The van der Waals surface area contributed by atoms with Crippen molar-refractivity contribution in [3.8, 4) is 0 Å². The molecule has 6 heteroatoms. The molecule has 1 aliphatic rings. The summed E-state index contributed by atoms with van der Waals surface area (Å²) >= 11 is 3.46. The maximum absolute atomic E-state index is 12.2. The number of hydrogen-bond donors (Lipinski definition) is 1. The number of carbonyl (C=O) groups excluding carboxylic acids is 1. The van der Waals surface area contributed by atoms with E-state index in [1.54, 1.807) is 20.8 Å². The van der Waals surface area contributed by atoms with Crippen LogP contribution in [0.4, 0.5) is 4.79 Å². The smallest absolute Gasteiger partial charge is 0.410 e. The van der Waals surface area contributed by atoms with Gasteiger partial charge in [-0.15, -0.1) is 0 Å². The van der Waals surface area contributed by atoms with Crippen molar-refractivity contribution < 1.29 is 19.4 Å². The molecule has 1 aromatic rings. The zero-order valence-electron chi connectivity index (χ0n) is 12.9. The van der Waals surface area contributed by atoms with Crippen LogP contribution in [0.2, 0.25) is 0 Å². The molecule has 1 amide bonds. The summed E-state index contributed by atoms with van der Waals surface area (Å²) in [5.74, 6) is -1.78.